The number of carbonyl (C=O) groups excluding carboxylic acids is 2. The second-order valence-electron chi connectivity index (χ2n) is 4.68. The SMILES string of the molecule is CC(c1ccccc1)[C@@H]1CC(=O)[N+](O)(OC(=O)O)C1=O. The highest BCUT2D eigenvalue weighted by molar-refractivity contribution is 5.93. The van der Waals surface area contributed by atoms with Gasteiger partial charge in [-0.15, -0.1) is 0 Å². The Hall–Kier alpha value is -2.25. The smallest absolute Gasteiger partial charge is 0.446 e. The van der Waals surface area contributed by atoms with Crippen LogP contribution in [-0.2, 0) is 14.4 Å². The Morgan fingerprint density at radius 3 is 2.50 bits per heavy atom. The van der Waals surface area contributed by atoms with E-state index in [2.05, 4.69) is 4.84 Å². The lowest BCUT2D eigenvalue weighted by atomic mass is 9.86. The van der Waals surface area contributed by atoms with Gasteiger partial charge in [-0.1, -0.05) is 37.3 Å². The number of nitrogens with zero attached hydrogens (tertiary/aromatic N) is 1. The largest absolute Gasteiger partial charge is 0.561 e. The molecule has 0 spiro atoms. The van der Waals surface area contributed by atoms with Crippen molar-refractivity contribution in [1.29, 1.82) is 0 Å². The molecular weight excluding hydrogens is 266 g/mol. The van der Waals surface area contributed by atoms with Crippen molar-refractivity contribution in [2.75, 3.05) is 0 Å². The average molecular weight is 280 g/mol. The summed E-state index contributed by atoms with van der Waals surface area (Å²) in [6, 6.07) is 9.00. The van der Waals surface area contributed by atoms with Crippen LogP contribution in [0.1, 0.15) is 24.8 Å². The Balaban J connectivity index is 2.26. The molecule has 7 nitrogen and oxygen atoms in total. The molecule has 1 aliphatic heterocycles. The van der Waals surface area contributed by atoms with E-state index in [1.807, 2.05) is 6.07 Å². The topological polar surface area (TPSA) is 101 Å². The lowest BCUT2D eigenvalue weighted by Gasteiger charge is -2.17. The van der Waals surface area contributed by atoms with Crippen molar-refractivity contribution in [2.24, 2.45) is 5.92 Å². The highest BCUT2D eigenvalue weighted by Gasteiger charge is 2.62. The molecule has 0 radical (unpaired) electrons. The molecule has 7 heteroatoms. The molecule has 0 aromatic heterocycles. The standard InChI is InChI=1S/C13H13NO6/c1-8(9-5-3-2-4-6-9)10-7-11(15)14(19,12(10)16)20-13(17)18/h2-6,8,10,19H,7H2,1H3/p+1/t8?,10-,14?/m0/s1. The molecule has 2 rings (SSSR count). The van der Waals surface area contributed by atoms with E-state index in [1.165, 1.54) is 0 Å². The average Bonchev–Trinajstić information content (AvgIpc) is 2.63. The number of hydrogen-bond donors (Lipinski definition) is 2. The van der Waals surface area contributed by atoms with Crippen molar-refractivity contribution in [3.8, 4) is 0 Å². The van der Waals surface area contributed by atoms with Gasteiger partial charge < -0.3 is 5.11 Å². The van der Waals surface area contributed by atoms with Gasteiger partial charge in [-0.2, -0.15) is 14.8 Å². The molecule has 2 amide bonds. The zero-order chi connectivity index (χ0) is 14.9. The van der Waals surface area contributed by atoms with Crippen molar-refractivity contribution in [3.05, 3.63) is 35.9 Å². The van der Waals surface area contributed by atoms with Crippen LogP contribution in [0.2, 0.25) is 0 Å². The van der Waals surface area contributed by atoms with Crippen LogP contribution in [0.15, 0.2) is 30.3 Å². The van der Waals surface area contributed by atoms with Gasteiger partial charge in [0.15, 0.2) is 0 Å². The van der Waals surface area contributed by atoms with Crippen LogP contribution in [-0.4, -0.2) is 33.1 Å². The summed E-state index contributed by atoms with van der Waals surface area (Å²) in [4.78, 5) is 36.2. The van der Waals surface area contributed by atoms with Crippen molar-refractivity contribution < 1.29 is 34.3 Å². The molecule has 1 aromatic rings. The Bertz CT molecular complexity index is 557. The first-order chi connectivity index (χ1) is 9.36. The van der Waals surface area contributed by atoms with Crippen LogP contribution in [0.25, 0.3) is 0 Å². The van der Waals surface area contributed by atoms with Gasteiger partial charge in [0.2, 0.25) is 0 Å². The Labute approximate surface area is 114 Å². The first kappa shape index (κ1) is 14.2. The predicted molar refractivity (Wildman–Crippen MR) is 64.1 cm³/mol. The molecule has 1 aliphatic rings. The molecule has 106 valence electrons. The summed E-state index contributed by atoms with van der Waals surface area (Å²) in [6.07, 6.45) is -2.15. The van der Waals surface area contributed by atoms with Crippen LogP contribution in [0.5, 0.6) is 0 Å². The predicted octanol–water partition coefficient (Wildman–Crippen LogP) is 1.68. The highest BCUT2D eigenvalue weighted by Crippen LogP contribution is 2.36. The monoisotopic (exact) mass is 280 g/mol. The van der Waals surface area contributed by atoms with Gasteiger partial charge in [-0.05, 0) is 11.5 Å². The molecule has 3 atom stereocenters. The van der Waals surface area contributed by atoms with Gasteiger partial charge in [0, 0.05) is 0 Å². The molecule has 0 saturated carbocycles. The molecule has 1 heterocycles. The number of carbonyl (C=O) groups is 3. The summed E-state index contributed by atoms with van der Waals surface area (Å²) in [7, 11) is 0. The third-order valence-corrected chi connectivity index (χ3v) is 3.49. The molecule has 20 heavy (non-hydrogen) atoms. The molecule has 1 saturated heterocycles. The van der Waals surface area contributed by atoms with Gasteiger partial charge in [-0.25, -0.2) is 9.59 Å². The van der Waals surface area contributed by atoms with E-state index in [4.69, 9.17) is 5.11 Å². The maximum absolute atomic E-state index is 12.1. The number of quaternary nitrogens is 1. The quantitative estimate of drug-likeness (QED) is 0.496. The molecule has 2 unspecified atom stereocenters. The lowest BCUT2D eigenvalue weighted by molar-refractivity contribution is -1.12. The van der Waals surface area contributed by atoms with Crippen LogP contribution < -0.4 is 0 Å². The van der Waals surface area contributed by atoms with Gasteiger partial charge in [0.25, 0.3) is 0 Å². The van der Waals surface area contributed by atoms with E-state index in [9.17, 15) is 19.6 Å². The second-order valence-corrected chi connectivity index (χ2v) is 4.68. The van der Waals surface area contributed by atoms with Gasteiger partial charge >= 0.3 is 18.0 Å². The number of imide groups is 1. The van der Waals surface area contributed by atoms with E-state index in [-0.39, 0.29) is 12.3 Å². The molecule has 1 aromatic carbocycles. The maximum atomic E-state index is 12.1. The Morgan fingerprint density at radius 2 is 1.95 bits per heavy atom. The zero-order valence-corrected chi connectivity index (χ0v) is 10.7. The van der Waals surface area contributed by atoms with Crippen LogP contribution in [0.4, 0.5) is 4.79 Å². The van der Waals surface area contributed by atoms with E-state index >= 15 is 0 Å². The van der Waals surface area contributed by atoms with Crippen LogP contribution >= 0.6 is 0 Å². The zero-order valence-electron chi connectivity index (χ0n) is 10.7. The lowest BCUT2D eigenvalue weighted by Crippen LogP contribution is -2.51. The molecular formula is C13H14NO6+. The fourth-order valence-corrected chi connectivity index (χ4v) is 2.34. The van der Waals surface area contributed by atoms with E-state index in [1.54, 1.807) is 31.2 Å². The van der Waals surface area contributed by atoms with Crippen LogP contribution in [0.3, 0.4) is 0 Å². The first-order valence-corrected chi connectivity index (χ1v) is 6.03. The highest BCUT2D eigenvalue weighted by atomic mass is 17.0. The fourth-order valence-electron chi connectivity index (χ4n) is 2.34. The molecule has 0 aliphatic carbocycles. The number of hydroxylamine groups is 4. The minimum atomic E-state index is -2.13. The summed E-state index contributed by atoms with van der Waals surface area (Å²) < 4.78 is 0. The normalized spacial score (nSPS) is 27.4. The summed E-state index contributed by atoms with van der Waals surface area (Å²) in [5.41, 5.74) is 0.822. The van der Waals surface area contributed by atoms with Crippen molar-refractivity contribution >= 4 is 18.0 Å². The van der Waals surface area contributed by atoms with E-state index in [0.29, 0.717) is 0 Å². The van der Waals surface area contributed by atoms with E-state index in [0.717, 1.165) is 5.56 Å². The molecule has 0 bridgehead atoms. The Morgan fingerprint density at radius 1 is 1.35 bits per heavy atom. The number of carboxylic acid groups (broad SMARTS) is 1. The number of hydrogen-bond acceptors (Lipinski definition) is 5. The fraction of sp³-hybridized carbons (Fsp3) is 0.308. The van der Waals surface area contributed by atoms with Crippen LogP contribution in [0, 0.1) is 5.92 Å². The first-order valence-electron chi connectivity index (χ1n) is 6.03. The maximum Gasteiger partial charge on any atom is 0.561 e. The second kappa shape index (κ2) is 5.03. The minimum Gasteiger partial charge on any atom is -0.446 e. The third kappa shape index (κ3) is 2.28. The number of benzene rings is 1. The Kier molecular flexibility index (Phi) is 3.56. The summed E-state index contributed by atoms with van der Waals surface area (Å²) in [5, 5.41) is 18.3. The molecule has 2 N–H and O–H groups in total. The molecule has 1 fully saturated rings. The van der Waals surface area contributed by atoms with Gasteiger partial charge in [-0.3, -0.25) is 0 Å². The number of rotatable bonds is 3. The number of amides is 2. The van der Waals surface area contributed by atoms with Crippen molar-refractivity contribution in [2.45, 2.75) is 19.3 Å². The summed E-state index contributed by atoms with van der Waals surface area (Å²) in [6.45, 7) is 1.74. The van der Waals surface area contributed by atoms with Gasteiger partial charge in [0.1, 0.15) is 10.7 Å². The minimum absolute atomic E-state index is 0.265. The van der Waals surface area contributed by atoms with Gasteiger partial charge in [0.05, 0.1) is 6.42 Å². The summed E-state index contributed by atoms with van der Waals surface area (Å²) in [5.74, 6) is -3.11. The van der Waals surface area contributed by atoms with Crippen molar-refractivity contribution in [3.63, 3.8) is 0 Å². The van der Waals surface area contributed by atoms with Crippen molar-refractivity contribution in [1.82, 2.24) is 0 Å². The third-order valence-electron chi connectivity index (χ3n) is 3.49. The summed E-state index contributed by atoms with van der Waals surface area (Å²) >= 11 is 0. The van der Waals surface area contributed by atoms with E-state index < -0.39 is 28.7 Å².